The van der Waals surface area contributed by atoms with E-state index in [1.807, 2.05) is 36.3 Å². The first-order chi connectivity index (χ1) is 9.78. The molecule has 3 aromatic heterocycles. The van der Waals surface area contributed by atoms with Crippen molar-refractivity contribution in [1.29, 1.82) is 0 Å². The fraction of sp³-hybridized carbons (Fsp3) is 0.286. The molecular weight excluding hydrogens is 270 g/mol. The molecule has 0 saturated heterocycles. The molecule has 0 radical (unpaired) electrons. The van der Waals surface area contributed by atoms with Crippen LogP contribution >= 0.6 is 11.3 Å². The van der Waals surface area contributed by atoms with Crippen molar-refractivity contribution in [1.82, 2.24) is 20.2 Å². The number of hydrogen-bond acceptors (Lipinski definition) is 5. The van der Waals surface area contributed by atoms with E-state index >= 15 is 0 Å². The van der Waals surface area contributed by atoms with Crippen LogP contribution in [-0.4, -0.2) is 14.8 Å². The first-order valence-corrected chi connectivity index (χ1v) is 7.42. The number of nitrogens with zero attached hydrogens (tertiary/aromatic N) is 3. The summed E-state index contributed by atoms with van der Waals surface area (Å²) in [5.74, 6) is 5.70. The highest BCUT2D eigenvalue weighted by Gasteiger charge is 2.12. The molecule has 3 rings (SSSR count). The normalized spacial score (nSPS) is 12.9. The van der Waals surface area contributed by atoms with Gasteiger partial charge < -0.3 is 0 Å². The fourth-order valence-corrected chi connectivity index (χ4v) is 3.13. The van der Waals surface area contributed by atoms with Gasteiger partial charge in [0.2, 0.25) is 0 Å². The Hall–Kier alpha value is -1.76. The van der Waals surface area contributed by atoms with Gasteiger partial charge in [-0.25, -0.2) is 0 Å². The van der Waals surface area contributed by atoms with Gasteiger partial charge >= 0.3 is 0 Å². The second kappa shape index (κ2) is 5.70. The molecule has 1 atom stereocenters. The van der Waals surface area contributed by atoms with Crippen LogP contribution in [0.2, 0.25) is 0 Å². The molecule has 0 aliphatic carbocycles. The van der Waals surface area contributed by atoms with Crippen molar-refractivity contribution in [3.8, 4) is 0 Å². The number of hydrazine groups is 1. The first kappa shape index (κ1) is 13.2. The maximum Gasteiger partial charge on any atom is 0.0809 e. The van der Waals surface area contributed by atoms with Crippen molar-refractivity contribution >= 4 is 21.6 Å². The number of hydrogen-bond donors (Lipinski definition) is 2. The van der Waals surface area contributed by atoms with Crippen LogP contribution in [0.1, 0.15) is 23.7 Å². The average molecular weight is 287 g/mol. The highest BCUT2D eigenvalue weighted by atomic mass is 32.1. The Kier molecular flexibility index (Phi) is 3.77. The van der Waals surface area contributed by atoms with Gasteiger partial charge in [-0.05, 0) is 42.0 Å². The summed E-state index contributed by atoms with van der Waals surface area (Å²) in [6.07, 6.45) is 5.56. The Labute approximate surface area is 121 Å². The molecule has 3 heterocycles. The summed E-state index contributed by atoms with van der Waals surface area (Å²) in [5.41, 5.74) is 6.27. The minimum Gasteiger partial charge on any atom is -0.273 e. The molecule has 3 N–H and O–H groups in total. The van der Waals surface area contributed by atoms with E-state index < -0.39 is 0 Å². The number of fused-ring (bicyclic) bond motifs is 1. The summed E-state index contributed by atoms with van der Waals surface area (Å²) in [5, 5.41) is 6.24. The first-order valence-electron chi connectivity index (χ1n) is 6.54. The van der Waals surface area contributed by atoms with Crippen LogP contribution in [0, 0.1) is 0 Å². The molecule has 20 heavy (non-hydrogen) atoms. The van der Waals surface area contributed by atoms with Crippen LogP contribution in [0.25, 0.3) is 10.2 Å². The van der Waals surface area contributed by atoms with E-state index in [1.54, 1.807) is 11.3 Å². The molecule has 1 unspecified atom stereocenters. The summed E-state index contributed by atoms with van der Waals surface area (Å²) < 4.78 is 3.09. The lowest BCUT2D eigenvalue weighted by Gasteiger charge is -2.16. The zero-order chi connectivity index (χ0) is 13.9. The lowest BCUT2D eigenvalue weighted by atomic mass is 10.0. The van der Waals surface area contributed by atoms with Gasteiger partial charge in [-0.15, -0.1) is 11.3 Å². The molecule has 0 fully saturated rings. The van der Waals surface area contributed by atoms with Gasteiger partial charge in [0.25, 0.3) is 0 Å². The van der Waals surface area contributed by atoms with Crippen molar-refractivity contribution in [3.63, 3.8) is 0 Å². The Morgan fingerprint density at radius 3 is 3.10 bits per heavy atom. The molecule has 0 aliphatic heterocycles. The number of rotatable bonds is 5. The smallest absolute Gasteiger partial charge is 0.0809 e. The van der Waals surface area contributed by atoms with Crippen molar-refractivity contribution in [2.24, 2.45) is 12.9 Å². The number of thiophene rings is 1. The average Bonchev–Trinajstić information content (AvgIpc) is 3.08. The molecule has 0 spiro atoms. The molecular formula is C14H17N5S. The molecule has 6 heteroatoms. The molecule has 104 valence electrons. The summed E-state index contributed by atoms with van der Waals surface area (Å²) in [6, 6.07) is 6.34. The van der Waals surface area contributed by atoms with Gasteiger partial charge in [-0.2, -0.15) is 5.10 Å². The number of nitrogens with one attached hydrogen (secondary N) is 1. The van der Waals surface area contributed by atoms with Crippen LogP contribution < -0.4 is 11.3 Å². The number of aromatic nitrogens is 3. The lowest BCUT2D eigenvalue weighted by molar-refractivity contribution is 0.506. The Morgan fingerprint density at radius 1 is 1.45 bits per heavy atom. The zero-order valence-corrected chi connectivity index (χ0v) is 12.1. The fourth-order valence-electron chi connectivity index (χ4n) is 2.34. The number of pyridine rings is 1. The van der Waals surface area contributed by atoms with E-state index in [0.29, 0.717) is 0 Å². The number of aryl methyl sites for hydroxylation is 2. The molecule has 0 amide bonds. The largest absolute Gasteiger partial charge is 0.273 e. The second-order valence-electron chi connectivity index (χ2n) is 4.78. The highest BCUT2D eigenvalue weighted by molar-refractivity contribution is 7.17. The van der Waals surface area contributed by atoms with E-state index in [0.717, 1.165) is 23.9 Å². The summed E-state index contributed by atoms with van der Waals surface area (Å²) >= 11 is 1.70. The molecule has 0 bridgehead atoms. The van der Waals surface area contributed by atoms with Crippen LogP contribution in [0.5, 0.6) is 0 Å². The SMILES string of the molecule is Cn1nccc1CCC(NN)c1cnc2ccsc2c1. The van der Waals surface area contributed by atoms with E-state index in [4.69, 9.17) is 5.84 Å². The quantitative estimate of drug-likeness (QED) is 0.557. The van der Waals surface area contributed by atoms with Crippen LogP contribution in [0.4, 0.5) is 0 Å². The monoisotopic (exact) mass is 287 g/mol. The van der Waals surface area contributed by atoms with Crippen LogP contribution in [0.15, 0.2) is 36.0 Å². The van der Waals surface area contributed by atoms with Gasteiger partial charge in [0.1, 0.15) is 0 Å². The molecule has 0 aromatic carbocycles. The summed E-state index contributed by atoms with van der Waals surface area (Å²) in [4.78, 5) is 4.47. The van der Waals surface area contributed by atoms with E-state index in [-0.39, 0.29) is 6.04 Å². The van der Waals surface area contributed by atoms with Gasteiger partial charge in [-0.1, -0.05) is 0 Å². The minimum absolute atomic E-state index is 0.101. The molecule has 0 aliphatic rings. The maximum atomic E-state index is 5.70. The minimum atomic E-state index is 0.101. The maximum absolute atomic E-state index is 5.70. The highest BCUT2D eigenvalue weighted by Crippen LogP contribution is 2.24. The number of nitrogens with two attached hydrogens (primary N) is 1. The molecule has 3 aromatic rings. The van der Waals surface area contributed by atoms with Crippen LogP contribution in [0.3, 0.4) is 0 Å². The Morgan fingerprint density at radius 2 is 2.35 bits per heavy atom. The van der Waals surface area contributed by atoms with Crippen LogP contribution in [-0.2, 0) is 13.5 Å². The van der Waals surface area contributed by atoms with Gasteiger partial charge in [0.15, 0.2) is 0 Å². The Bertz CT molecular complexity index is 702. The predicted octanol–water partition coefficient (Wildman–Crippen LogP) is 2.17. The third-order valence-corrected chi connectivity index (χ3v) is 4.39. The predicted molar refractivity (Wildman–Crippen MR) is 81.2 cm³/mol. The third-order valence-electron chi connectivity index (χ3n) is 3.54. The van der Waals surface area contributed by atoms with E-state index in [9.17, 15) is 0 Å². The van der Waals surface area contributed by atoms with Crippen molar-refractivity contribution in [2.75, 3.05) is 0 Å². The molecule has 0 saturated carbocycles. The molecule has 5 nitrogen and oxygen atoms in total. The topological polar surface area (TPSA) is 68.8 Å². The zero-order valence-electron chi connectivity index (χ0n) is 11.3. The van der Waals surface area contributed by atoms with Gasteiger partial charge in [0, 0.05) is 31.2 Å². The standard InChI is InChI=1S/C14H17N5S/c1-19-11(4-6-17-19)2-3-12(18-15)10-8-14-13(16-9-10)5-7-20-14/h4-9,12,18H,2-3,15H2,1H3. The van der Waals surface area contributed by atoms with Gasteiger partial charge in [0.05, 0.1) is 10.2 Å². The van der Waals surface area contributed by atoms with Crippen molar-refractivity contribution in [2.45, 2.75) is 18.9 Å². The Balaban J connectivity index is 1.76. The lowest BCUT2D eigenvalue weighted by Crippen LogP contribution is -2.28. The summed E-state index contributed by atoms with van der Waals surface area (Å²) in [7, 11) is 1.96. The van der Waals surface area contributed by atoms with E-state index in [1.165, 1.54) is 10.4 Å². The van der Waals surface area contributed by atoms with E-state index in [2.05, 4.69) is 27.0 Å². The second-order valence-corrected chi connectivity index (χ2v) is 5.72. The van der Waals surface area contributed by atoms with Gasteiger partial charge in [-0.3, -0.25) is 20.9 Å². The van der Waals surface area contributed by atoms with Crippen molar-refractivity contribution < 1.29 is 0 Å². The summed E-state index contributed by atoms with van der Waals surface area (Å²) in [6.45, 7) is 0. The van der Waals surface area contributed by atoms with Crippen molar-refractivity contribution in [3.05, 3.63) is 47.2 Å². The third kappa shape index (κ3) is 2.58.